The van der Waals surface area contributed by atoms with Gasteiger partial charge in [0.1, 0.15) is 5.76 Å². The molecule has 0 amide bonds. The van der Waals surface area contributed by atoms with Gasteiger partial charge in [-0.1, -0.05) is 0 Å². The molecule has 96 valence electrons. The van der Waals surface area contributed by atoms with Crippen LogP contribution in [0.1, 0.15) is 24.6 Å². The Morgan fingerprint density at radius 1 is 1.65 bits per heavy atom. The number of nitrogens with two attached hydrogens (primary N) is 1. The van der Waals surface area contributed by atoms with Gasteiger partial charge in [-0.05, 0) is 37.4 Å². The van der Waals surface area contributed by atoms with Crippen LogP contribution in [0.15, 0.2) is 22.8 Å². The topological polar surface area (TPSA) is 51.6 Å². The summed E-state index contributed by atoms with van der Waals surface area (Å²) in [4.78, 5) is 2.42. The van der Waals surface area contributed by atoms with E-state index in [4.69, 9.17) is 14.9 Å². The Bertz CT molecular complexity index is 311. The van der Waals surface area contributed by atoms with Gasteiger partial charge in [0.15, 0.2) is 0 Å². The lowest BCUT2D eigenvalue weighted by Crippen LogP contribution is -2.42. The van der Waals surface area contributed by atoms with Crippen molar-refractivity contribution < 1.29 is 9.15 Å². The van der Waals surface area contributed by atoms with Crippen molar-refractivity contribution in [2.45, 2.75) is 18.9 Å². The quantitative estimate of drug-likeness (QED) is 0.847. The molecule has 0 saturated carbocycles. The van der Waals surface area contributed by atoms with Crippen molar-refractivity contribution in [3.05, 3.63) is 24.2 Å². The van der Waals surface area contributed by atoms with Crippen LogP contribution in [0.25, 0.3) is 0 Å². The van der Waals surface area contributed by atoms with Crippen LogP contribution in [0.5, 0.6) is 0 Å². The Morgan fingerprint density at radius 2 is 2.53 bits per heavy atom. The number of rotatable bonds is 5. The average Bonchev–Trinajstić information content (AvgIpc) is 2.85. The number of hydrogen-bond donors (Lipinski definition) is 1. The van der Waals surface area contributed by atoms with Gasteiger partial charge < -0.3 is 14.9 Å². The third-order valence-electron chi connectivity index (χ3n) is 3.49. The van der Waals surface area contributed by atoms with E-state index in [9.17, 15) is 0 Å². The van der Waals surface area contributed by atoms with Gasteiger partial charge in [0.2, 0.25) is 0 Å². The Morgan fingerprint density at radius 3 is 3.18 bits per heavy atom. The molecule has 0 radical (unpaired) electrons. The van der Waals surface area contributed by atoms with Crippen molar-refractivity contribution in [2.75, 3.05) is 33.4 Å². The highest BCUT2D eigenvalue weighted by atomic mass is 16.5. The predicted octanol–water partition coefficient (Wildman–Crippen LogP) is 1.64. The minimum Gasteiger partial charge on any atom is -0.468 e. The molecule has 4 nitrogen and oxygen atoms in total. The fraction of sp³-hybridized carbons (Fsp3) is 0.692. The van der Waals surface area contributed by atoms with E-state index < -0.39 is 0 Å². The number of methoxy groups -OCH3 is 1. The van der Waals surface area contributed by atoms with Crippen molar-refractivity contribution in [1.29, 1.82) is 0 Å². The van der Waals surface area contributed by atoms with E-state index >= 15 is 0 Å². The van der Waals surface area contributed by atoms with Gasteiger partial charge in [0.05, 0.1) is 18.9 Å². The SMILES string of the molecule is COCC1CCCN(C(CN)c2ccco2)C1. The molecule has 0 spiro atoms. The number of ether oxygens (including phenoxy) is 1. The van der Waals surface area contributed by atoms with Crippen LogP contribution < -0.4 is 5.73 Å². The molecule has 0 aliphatic carbocycles. The van der Waals surface area contributed by atoms with Crippen LogP contribution >= 0.6 is 0 Å². The zero-order valence-corrected chi connectivity index (χ0v) is 10.5. The molecule has 2 unspecified atom stereocenters. The Balaban J connectivity index is 1.99. The number of furan rings is 1. The molecule has 1 aliphatic heterocycles. The molecule has 1 aromatic rings. The lowest BCUT2D eigenvalue weighted by molar-refractivity contribution is 0.0639. The van der Waals surface area contributed by atoms with Crippen LogP contribution in [-0.4, -0.2) is 38.3 Å². The normalized spacial score (nSPS) is 23.8. The molecule has 2 rings (SSSR count). The summed E-state index contributed by atoms with van der Waals surface area (Å²) in [6.45, 7) is 3.60. The van der Waals surface area contributed by atoms with Gasteiger partial charge in [0, 0.05) is 20.2 Å². The van der Waals surface area contributed by atoms with E-state index in [0.29, 0.717) is 12.5 Å². The molecule has 1 aromatic heterocycles. The van der Waals surface area contributed by atoms with Gasteiger partial charge in [0.25, 0.3) is 0 Å². The second kappa shape index (κ2) is 6.19. The second-order valence-electron chi connectivity index (χ2n) is 4.73. The molecule has 2 N–H and O–H groups in total. The minimum atomic E-state index is 0.213. The maximum atomic E-state index is 5.88. The van der Waals surface area contributed by atoms with E-state index in [2.05, 4.69) is 4.90 Å². The number of piperidine rings is 1. The number of nitrogens with zero attached hydrogens (tertiary/aromatic N) is 1. The number of hydrogen-bond acceptors (Lipinski definition) is 4. The third-order valence-corrected chi connectivity index (χ3v) is 3.49. The maximum Gasteiger partial charge on any atom is 0.122 e. The smallest absolute Gasteiger partial charge is 0.122 e. The molecule has 4 heteroatoms. The molecule has 1 fully saturated rings. The molecule has 0 aromatic carbocycles. The molecular weight excluding hydrogens is 216 g/mol. The van der Waals surface area contributed by atoms with Crippen molar-refractivity contribution in [1.82, 2.24) is 4.90 Å². The summed E-state index contributed by atoms with van der Waals surface area (Å²) in [6, 6.07) is 4.15. The Labute approximate surface area is 103 Å². The van der Waals surface area contributed by atoms with E-state index in [0.717, 1.165) is 25.5 Å². The zero-order valence-electron chi connectivity index (χ0n) is 10.5. The molecule has 2 heterocycles. The van der Waals surface area contributed by atoms with Crippen molar-refractivity contribution in [2.24, 2.45) is 11.7 Å². The summed E-state index contributed by atoms with van der Waals surface area (Å²) >= 11 is 0. The highest BCUT2D eigenvalue weighted by molar-refractivity contribution is 5.05. The van der Waals surface area contributed by atoms with Crippen molar-refractivity contribution in [3.8, 4) is 0 Å². The molecule has 0 bridgehead atoms. The van der Waals surface area contributed by atoms with E-state index in [1.54, 1.807) is 13.4 Å². The Kier molecular flexibility index (Phi) is 4.59. The predicted molar refractivity (Wildman–Crippen MR) is 66.7 cm³/mol. The van der Waals surface area contributed by atoms with Crippen molar-refractivity contribution >= 4 is 0 Å². The van der Waals surface area contributed by atoms with Gasteiger partial charge in [-0.3, -0.25) is 4.90 Å². The van der Waals surface area contributed by atoms with Gasteiger partial charge in [-0.25, -0.2) is 0 Å². The first-order valence-corrected chi connectivity index (χ1v) is 6.31. The summed E-state index contributed by atoms with van der Waals surface area (Å²) < 4.78 is 10.7. The maximum absolute atomic E-state index is 5.88. The fourth-order valence-electron chi connectivity index (χ4n) is 2.68. The molecule has 2 atom stereocenters. The van der Waals surface area contributed by atoms with E-state index in [1.165, 1.54) is 12.8 Å². The summed E-state index contributed by atoms with van der Waals surface area (Å²) in [5.41, 5.74) is 5.88. The summed E-state index contributed by atoms with van der Waals surface area (Å²) in [6.07, 6.45) is 4.18. The largest absolute Gasteiger partial charge is 0.468 e. The zero-order chi connectivity index (χ0) is 12.1. The lowest BCUT2D eigenvalue weighted by atomic mass is 9.97. The summed E-state index contributed by atoms with van der Waals surface area (Å²) in [5.74, 6) is 1.60. The second-order valence-corrected chi connectivity index (χ2v) is 4.73. The van der Waals surface area contributed by atoms with Crippen LogP contribution in [0.3, 0.4) is 0 Å². The first-order chi connectivity index (χ1) is 8.35. The number of likely N-dealkylation sites (tertiary alicyclic amines) is 1. The van der Waals surface area contributed by atoms with Gasteiger partial charge in [-0.15, -0.1) is 0 Å². The monoisotopic (exact) mass is 238 g/mol. The molecule has 1 saturated heterocycles. The standard InChI is InChI=1S/C13H22N2O2/c1-16-10-11-4-2-6-15(9-11)12(8-14)13-5-3-7-17-13/h3,5,7,11-12H,2,4,6,8-10,14H2,1H3. The first kappa shape index (κ1) is 12.6. The fourth-order valence-corrected chi connectivity index (χ4v) is 2.68. The van der Waals surface area contributed by atoms with Crippen LogP contribution in [0.4, 0.5) is 0 Å². The van der Waals surface area contributed by atoms with E-state index in [1.807, 2.05) is 12.1 Å². The van der Waals surface area contributed by atoms with E-state index in [-0.39, 0.29) is 6.04 Å². The van der Waals surface area contributed by atoms with Gasteiger partial charge >= 0.3 is 0 Å². The minimum absolute atomic E-state index is 0.213. The lowest BCUT2D eigenvalue weighted by Gasteiger charge is -2.36. The average molecular weight is 238 g/mol. The van der Waals surface area contributed by atoms with Crippen LogP contribution in [0.2, 0.25) is 0 Å². The molecule has 1 aliphatic rings. The van der Waals surface area contributed by atoms with Crippen LogP contribution in [-0.2, 0) is 4.74 Å². The van der Waals surface area contributed by atoms with Crippen LogP contribution in [0, 0.1) is 5.92 Å². The Hall–Kier alpha value is -0.840. The highest BCUT2D eigenvalue weighted by Crippen LogP contribution is 2.26. The molecule has 17 heavy (non-hydrogen) atoms. The highest BCUT2D eigenvalue weighted by Gasteiger charge is 2.27. The van der Waals surface area contributed by atoms with Gasteiger partial charge in [-0.2, -0.15) is 0 Å². The molecular formula is C13H22N2O2. The third kappa shape index (κ3) is 3.09. The summed E-state index contributed by atoms with van der Waals surface area (Å²) in [5, 5.41) is 0. The first-order valence-electron chi connectivity index (χ1n) is 6.31. The van der Waals surface area contributed by atoms with Crippen molar-refractivity contribution in [3.63, 3.8) is 0 Å². The summed E-state index contributed by atoms with van der Waals surface area (Å²) in [7, 11) is 1.77.